The van der Waals surface area contributed by atoms with Crippen LogP contribution in [0.15, 0.2) is 0 Å². The van der Waals surface area contributed by atoms with Gasteiger partial charge in [-0.2, -0.15) is 0 Å². The summed E-state index contributed by atoms with van der Waals surface area (Å²) < 4.78 is 5.35. The van der Waals surface area contributed by atoms with Gasteiger partial charge >= 0.3 is 6.09 Å². The Kier molecular flexibility index (Phi) is 2.23. The summed E-state index contributed by atoms with van der Waals surface area (Å²) in [7, 11) is 0. The maximum atomic E-state index is 11.8. The van der Waals surface area contributed by atoms with Crippen LogP contribution in [-0.2, 0) is 4.74 Å². The molecule has 1 amide bonds. The lowest BCUT2D eigenvalue weighted by Crippen LogP contribution is -2.59. The van der Waals surface area contributed by atoms with Gasteiger partial charge in [0.15, 0.2) is 0 Å². The van der Waals surface area contributed by atoms with E-state index in [0.717, 1.165) is 19.6 Å². The van der Waals surface area contributed by atoms with Crippen LogP contribution in [0.25, 0.3) is 0 Å². The molecule has 2 heterocycles. The molecule has 2 aliphatic rings. The molecule has 86 valence electrons. The molecular formula is C11H20N2O2. The van der Waals surface area contributed by atoms with Crippen molar-refractivity contribution in [2.45, 2.75) is 39.3 Å². The molecule has 0 spiro atoms. The molecule has 2 atom stereocenters. The molecule has 0 bridgehead atoms. The van der Waals surface area contributed by atoms with Crippen LogP contribution in [0, 0.1) is 5.41 Å². The first-order chi connectivity index (χ1) is 6.80. The Balaban J connectivity index is 1.94. The van der Waals surface area contributed by atoms with Crippen molar-refractivity contribution in [3.63, 3.8) is 0 Å². The number of fused-ring (bicyclic) bond motifs is 1. The van der Waals surface area contributed by atoms with Gasteiger partial charge in [0.25, 0.3) is 0 Å². The summed E-state index contributed by atoms with van der Waals surface area (Å²) in [6.07, 6.45) is -0.181. The predicted octanol–water partition coefficient (Wildman–Crippen LogP) is 1.22. The van der Waals surface area contributed by atoms with Crippen LogP contribution in [0.4, 0.5) is 4.79 Å². The number of nitrogens with one attached hydrogen (secondary N) is 1. The average Bonchev–Trinajstić information content (AvgIpc) is 2.26. The lowest BCUT2D eigenvalue weighted by atomic mass is 9.78. The van der Waals surface area contributed by atoms with E-state index in [0.29, 0.717) is 6.04 Å². The summed E-state index contributed by atoms with van der Waals surface area (Å²) >= 11 is 0. The van der Waals surface area contributed by atoms with E-state index in [9.17, 15) is 4.79 Å². The van der Waals surface area contributed by atoms with Crippen molar-refractivity contribution in [2.75, 3.05) is 19.6 Å². The molecule has 4 nitrogen and oxygen atoms in total. The first kappa shape index (κ1) is 10.7. The lowest BCUT2D eigenvalue weighted by molar-refractivity contribution is 0.0278. The molecule has 0 aliphatic carbocycles. The second-order valence-corrected chi connectivity index (χ2v) is 5.95. The molecule has 0 aromatic heterocycles. The van der Waals surface area contributed by atoms with Gasteiger partial charge in [-0.3, -0.25) is 0 Å². The minimum absolute atomic E-state index is 0.181. The summed E-state index contributed by atoms with van der Waals surface area (Å²) in [6.45, 7) is 10.5. The van der Waals surface area contributed by atoms with E-state index < -0.39 is 5.60 Å². The van der Waals surface area contributed by atoms with Crippen molar-refractivity contribution < 1.29 is 9.53 Å². The molecule has 2 unspecified atom stereocenters. The molecule has 0 saturated carbocycles. The number of ether oxygens (including phenoxy) is 1. The summed E-state index contributed by atoms with van der Waals surface area (Å²) in [4.78, 5) is 13.6. The standard InChI is InChI=1S/C11H20N2O2/c1-10(2,3)15-9(14)13-5-8-11(4,7-13)6-12-8/h8,12H,5-7H2,1-4H3. The lowest BCUT2D eigenvalue weighted by Gasteiger charge is -2.41. The van der Waals surface area contributed by atoms with Gasteiger partial charge in [0.1, 0.15) is 5.60 Å². The molecule has 2 aliphatic heterocycles. The molecular weight excluding hydrogens is 192 g/mol. The fraction of sp³-hybridized carbons (Fsp3) is 0.909. The molecule has 4 heteroatoms. The zero-order valence-electron chi connectivity index (χ0n) is 9.96. The maximum absolute atomic E-state index is 11.8. The fourth-order valence-corrected chi connectivity index (χ4v) is 2.23. The second-order valence-electron chi connectivity index (χ2n) is 5.95. The maximum Gasteiger partial charge on any atom is 0.410 e. The number of carbonyl (C=O) groups excluding carboxylic acids is 1. The fourth-order valence-electron chi connectivity index (χ4n) is 2.23. The van der Waals surface area contributed by atoms with Crippen LogP contribution >= 0.6 is 0 Å². The molecule has 0 radical (unpaired) electrons. The Morgan fingerprint density at radius 1 is 1.53 bits per heavy atom. The Bertz CT molecular complexity index is 285. The van der Waals surface area contributed by atoms with E-state index >= 15 is 0 Å². The van der Waals surface area contributed by atoms with E-state index in [1.54, 1.807) is 0 Å². The van der Waals surface area contributed by atoms with Crippen LogP contribution in [0.1, 0.15) is 27.7 Å². The Labute approximate surface area is 91.0 Å². The van der Waals surface area contributed by atoms with Gasteiger partial charge in [-0.05, 0) is 20.8 Å². The van der Waals surface area contributed by atoms with Crippen LogP contribution in [0.5, 0.6) is 0 Å². The van der Waals surface area contributed by atoms with Crippen molar-refractivity contribution >= 4 is 6.09 Å². The minimum atomic E-state index is -0.396. The Morgan fingerprint density at radius 2 is 2.20 bits per heavy atom. The highest BCUT2D eigenvalue weighted by Crippen LogP contribution is 2.36. The molecule has 1 N–H and O–H groups in total. The zero-order chi connectivity index (χ0) is 11.3. The number of hydrogen-bond acceptors (Lipinski definition) is 3. The van der Waals surface area contributed by atoms with Crippen molar-refractivity contribution in [1.82, 2.24) is 10.2 Å². The van der Waals surface area contributed by atoms with Crippen molar-refractivity contribution in [2.24, 2.45) is 5.41 Å². The van der Waals surface area contributed by atoms with Crippen LogP contribution in [0.2, 0.25) is 0 Å². The van der Waals surface area contributed by atoms with Gasteiger partial charge < -0.3 is 15.0 Å². The number of amides is 1. The highest BCUT2D eigenvalue weighted by molar-refractivity contribution is 5.69. The van der Waals surface area contributed by atoms with Crippen molar-refractivity contribution in [3.8, 4) is 0 Å². The predicted molar refractivity (Wildman–Crippen MR) is 57.7 cm³/mol. The number of likely N-dealkylation sites (tertiary alicyclic amines) is 1. The Hall–Kier alpha value is -0.770. The molecule has 0 aromatic carbocycles. The van der Waals surface area contributed by atoms with Gasteiger partial charge in [-0.15, -0.1) is 0 Å². The summed E-state index contributed by atoms with van der Waals surface area (Å²) in [5, 5.41) is 3.35. The quantitative estimate of drug-likeness (QED) is 0.656. The number of nitrogens with zero attached hydrogens (tertiary/aromatic N) is 1. The molecule has 15 heavy (non-hydrogen) atoms. The van der Waals surface area contributed by atoms with E-state index in [1.807, 2.05) is 25.7 Å². The summed E-state index contributed by atoms with van der Waals surface area (Å²) in [5.74, 6) is 0. The Morgan fingerprint density at radius 3 is 2.53 bits per heavy atom. The molecule has 2 saturated heterocycles. The van der Waals surface area contributed by atoms with Crippen molar-refractivity contribution in [3.05, 3.63) is 0 Å². The second kappa shape index (κ2) is 3.11. The highest BCUT2D eigenvalue weighted by atomic mass is 16.6. The van der Waals surface area contributed by atoms with E-state index in [2.05, 4.69) is 12.2 Å². The van der Waals surface area contributed by atoms with E-state index in [-0.39, 0.29) is 11.5 Å². The van der Waals surface area contributed by atoms with Crippen molar-refractivity contribution in [1.29, 1.82) is 0 Å². The number of rotatable bonds is 0. The monoisotopic (exact) mass is 212 g/mol. The third-order valence-electron chi connectivity index (χ3n) is 3.20. The minimum Gasteiger partial charge on any atom is -0.444 e. The van der Waals surface area contributed by atoms with E-state index in [4.69, 9.17) is 4.74 Å². The van der Waals surface area contributed by atoms with Gasteiger partial charge in [-0.1, -0.05) is 6.92 Å². The normalized spacial score (nSPS) is 34.7. The largest absolute Gasteiger partial charge is 0.444 e. The first-order valence-corrected chi connectivity index (χ1v) is 5.51. The van der Waals surface area contributed by atoms with Gasteiger partial charge in [0, 0.05) is 31.1 Å². The molecule has 2 fully saturated rings. The van der Waals surface area contributed by atoms with Crippen LogP contribution < -0.4 is 5.32 Å². The average molecular weight is 212 g/mol. The number of carbonyl (C=O) groups is 1. The molecule has 2 rings (SSSR count). The SMILES string of the molecule is CC(C)(C)OC(=O)N1CC2NCC2(C)C1. The zero-order valence-corrected chi connectivity index (χ0v) is 9.96. The van der Waals surface area contributed by atoms with Crippen LogP contribution in [0.3, 0.4) is 0 Å². The highest BCUT2D eigenvalue weighted by Gasteiger charge is 2.51. The first-order valence-electron chi connectivity index (χ1n) is 5.51. The van der Waals surface area contributed by atoms with Gasteiger partial charge in [0.05, 0.1) is 0 Å². The summed E-state index contributed by atoms with van der Waals surface area (Å²) in [6, 6.07) is 0.463. The topological polar surface area (TPSA) is 41.6 Å². The van der Waals surface area contributed by atoms with Crippen LogP contribution in [-0.4, -0.2) is 42.3 Å². The summed E-state index contributed by atoms with van der Waals surface area (Å²) in [5.41, 5.74) is -0.121. The molecule has 0 aromatic rings. The van der Waals surface area contributed by atoms with Gasteiger partial charge in [0.2, 0.25) is 0 Å². The smallest absolute Gasteiger partial charge is 0.410 e. The van der Waals surface area contributed by atoms with E-state index in [1.165, 1.54) is 0 Å². The third kappa shape index (κ3) is 1.95. The third-order valence-corrected chi connectivity index (χ3v) is 3.20. The number of hydrogen-bond donors (Lipinski definition) is 1. The van der Waals surface area contributed by atoms with Gasteiger partial charge in [-0.25, -0.2) is 4.79 Å².